The molecule has 0 fully saturated rings. The van der Waals surface area contributed by atoms with E-state index in [1.54, 1.807) is 0 Å². The highest BCUT2D eigenvalue weighted by Gasteiger charge is 2.18. The third-order valence-electron chi connectivity index (χ3n) is 2.42. The van der Waals surface area contributed by atoms with E-state index in [2.05, 4.69) is 31.3 Å². The largest absolute Gasteiger partial charge is 0.435 e. The number of aromatic nitrogens is 2. The van der Waals surface area contributed by atoms with Crippen LogP contribution in [0, 0.1) is 10.1 Å². The molecule has 0 aliphatic rings. The van der Waals surface area contributed by atoms with Gasteiger partial charge in [-0.2, -0.15) is 5.10 Å². The monoisotopic (exact) mass is 353 g/mol. The van der Waals surface area contributed by atoms with Crippen molar-refractivity contribution >= 4 is 27.5 Å². The highest BCUT2D eigenvalue weighted by molar-refractivity contribution is 9.10. The Labute approximate surface area is 126 Å². The van der Waals surface area contributed by atoms with Crippen molar-refractivity contribution in [2.45, 2.75) is 0 Å². The summed E-state index contributed by atoms with van der Waals surface area (Å²) in [6.45, 7) is 0. The number of ether oxygens (including phenoxy) is 1. The SMILES string of the molecule is N/C(=N/O)c1ccnnc1Oc1cccc([N+](=O)[O-])c1Br. The van der Waals surface area contributed by atoms with E-state index in [1.807, 2.05) is 0 Å². The summed E-state index contributed by atoms with van der Waals surface area (Å²) >= 11 is 3.09. The van der Waals surface area contributed by atoms with Crippen molar-refractivity contribution in [2.24, 2.45) is 10.9 Å². The van der Waals surface area contributed by atoms with Gasteiger partial charge in [-0.05, 0) is 28.1 Å². The fourth-order valence-corrected chi connectivity index (χ4v) is 1.96. The minimum Gasteiger partial charge on any atom is -0.435 e. The van der Waals surface area contributed by atoms with Gasteiger partial charge in [-0.1, -0.05) is 11.2 Å². The van der Waals surface area contributed by atoms with Gasteiger partial charge in [0.1, 0.15) is 4.47 Å². The minimum absolute atomic E-state index is 0.0472. The van der Waals surface area contributed by atoms with Crippen LogP contribution in [-0.4, -0.2) is 26.2 Å². The maximum atomic E-state index is 10.9. The summed E-state index contributed by atoms with van der Waals surface area (Å²) in [5.74, 6) is -0.118. The molecular weight excluding hydrogens is 346 g/mol. The van der Waals surface area contributed by atoms with Gasteiger partial charge >= 0.3 is 0 Å². The first-order chi connectivity index (χ1) is 10.0. The van der Waals surface area contributed by atoms with E-state index in [0.29, 0.717) is 0 Å². The first-order valence-electron chi connectivity index (χ1n) is 5.45. The van der Waals surface area contributed by atoms with Gasteiger partial charge in [0, 0.05) is 6.07 Å². The van der Waals surface area contributed by atoms with Gasteiger partial charge in [0.15, 0.2) is 11.6 Å². The summed E-state index contributed by atoms with van der Waals surface area (Å²) in [5.41, 5.74) is 5.53. The lowest BCUT2D eigenvalue weighted by Crippen LogP contribution is -2.15. The lowest BCUT2D eigenvalue weighted by atomic mass is 10.2. The number of nitro benzene ring substituents is 1. The van der Waals surface area contributed by atoms with Crippen LogP contribution in [0.4, 0.5) is 5.69 Å². The van der Waals surface area contributed by atoms with Crippen molar-refractivity contribution in [3.8, 4) is 11.6 Å². The van der Waals surface area contributed by atoms with Crippen molar-refractivity contribution in [3.63, 3.8) is 0 Å². The molecule has 0 spiro atoms. The van der Waals surface area contributed by atoms with Crippen molar-refractivity contribution < 1.29 is 14.9 Å². The number of nitro groups is 1. The van der Waals surface area contributed by atoms with E-state index in [9.17, 15) is 10.1 Å². The van der Waals surface area contributed by atoms with Gasteiger partial charge in [-0.15, -0.1) is 5.10 Å². The number of rotatable bonds is 4. The number of nitrogens with zero attached hydrogens (tertiary/aromatic N) is 4. The molecule has 0 amide bonds. The molecule has 9 nitrogen and oxygen atoms in total. The molecule has 1 aromatic heterocycles. The third-order valence-corrected chi connectivity index (χ3v) is 3.21. The van der Waals surface area contributed by atoms with Gasteiger partial charge in [0.2, 0.25) is 5.88 Å². The molecule has 0 unspecified atom stereocenters. The van der Waals surface area contributed by atoms with Gasteiger partial charge < -0.3 is 15.7 Å². The fourth-order valence-electron chi connectivity index (χ4n) is 1.47. The average molecular weight is 354 g/mol. The first-order valence-corrected chi connectivity index (χ1v) is 6.24. The van der Waals surface area contributed by atoms with Crippen molar-refractivity contribution in [3.05, 3.63) is 50.6 Å². The number of amidine groups is 1. The van der Waals surface area contributed by atoms with Gasteiger partial charge in [-0.3, -0.25) is 10.1 Å². The highest BCUT2D eigenvalue weighted by Crippen LogP contribution is 2.36. The summed E-state index contributed by atoms with van der Waals surface area (Å²) in [6.07, 6.45) is 1.34. The van der Waals surface area contributed by atoms with E-state index in [0.717, 1.165) is 0 Å². The van der Waals surface area contributed by atoms with E-state index in [1.165, 1.54) is 30.5 Å². The second-order valence-corrected chi connectivity index (χ2v) is 4.48. The lowest BCUT2D eigenvalue weighted by Gasteiger charge is -2.09. The second-order valence-electron chi connectivity index (χ2n) is 3.68. The zero-order chi connectivity index (χ0) is 15.4. The van der Waals surface area contributed by atoms with Crippen molar-refractivity contribution in [2.75, 3.05) is 0 Å². The molecule has 10 heteroatoms. The Hall–Kier alpha value is -2.75. The second kappa shape index (κ2) is 6.13. The van der Waals surface area contributed by atoms with Crippen LogP contribution in [0.2, 0.25) is 0 Å². The Balaban J connectivity index is 2.44. The Bertz CT molecular complexity index is 722. The molecule has 0 aliphatic heterocycles. The number of nitrogens with two attached hydrogens (primary N) is 1. The summed E-state index contributed by atoms with van der Waals surface area (Å²) in [6, 6.07) is 5.71. The zero-order valence-corrected chi connectivity index (χ0v) is 11.9. The van der Waals surface area contributed by atoms with Gasteiger partial charge in [0.05, 0.1) is 16.7 Å². The van der Waals surface area contributed by atoms with Gasteiger partial charge in [-0.25, -0.2) is 0 Å². The maximum absolute atomic E-state index is 10.9. The van der Waals surface area contributed by atoms with Crippen LogP contribution >= 0.6 is 15.9 Å². The zero-order valence-electron chi connectivity index (χ0n) is 10.3. The molecule has 0 aliphatic carbocycles. The summed E-state index contributed by atoms with van der Waals surface area (Å²) in [4.78, 5) is 10.3. The standard InChI is InChI=1S/C11H8BrN5O4/c12-9-7(17(19)20)2-1-3-8(9)21-11-6(10(13)16-18)4-5-14-15-11/h1-5,18H,(H2,13,16). The van der Waals surface area contributed by atoms with Crippen LogP contribution < -0.4 is 10.5 Å². The quantitative estimate of drug-likeness (QED) is 0.282. The number of oxime groups is 1. The van der Waals surface area contributed by atoms with Crippen LogP contribution in [0.25, 0.3) is 0 Å². The Morgan fingerprint density at radius 1 is 1.48 bits per heavy atom. The Morgan fingerprint density at radius 3 is 2.90 bits per heavy atom. The van der Waals surface area contributed by atoms with E-state index in [-0.39, 0.29) is 33.2 Å². The maximum Gasteiger partial charge on any atom is 0.287 e. The van der Waals surface area contributed by atoms with Crippen LogP contribution in [0.3, 0.4) is 0 Å². The Kier molecular flexibility index (Phi) is 4.28. The molecule has 2 rings (SSSR count). The highest BCUT2D eigenvalue weighted by atomic mass is 79.9. The van der Waals surface area contributed by atoms with Crippen LogP contribution in [-0.2, 0) is 0 Å². The molecular formula is C11H8BrN5O4. The first kappa shape index (κ1) is 14.7. The molecule has 1 heterocycles. The molecule has 1 aromatic carbocycles. The summed E-state index contributed by atoms with van der Waals surface area (Å²) in [5, 5.41) is 29.8. The molecule has 0 radical (unpaired) electrons. The van der Waals surface area contributed by atoms with E-state index >= 15 is 0 Å². The molecule has 0 saturated heterocycles. The molecule has 3 N–H and O–H groups in total. The topological polar surface area (TPSA) is 137 Å². The van der Waals surface area contributed by atoms with E-state index < -0.39 is 4.92 Å². The normalized spacial score (nSPS) is 11.2. The molecule has 108 valence electrons. The van der Waals surface area contributed by atoms with Crippen LogP contribution in [0.5, 0.6) is 11.6 Å². The number of hydrogen-bond acceptors (Lipinski definition) is 7. The number of halogens is 1. The van der Waals surface area contributed by atoms with Crippen LogP contribution in [0.1, 0.15) is 5.56 Å². The Morgan fingerprint density at radius 2 is 2.24 bits per heavy atom. The smallest absolute Gasteiger partial charge is 0.287 e. The summed E-state index contributed by atoms with van der Waals surface area (Å²) < 4.78 is 5.60. The average Bonchev–Trinajstić information content (AvgIpc) is 2.49. The minimum atomic E-state index is -0.557. The molecule has 0 saturated carbocycles. The molecule has 2 aromatic rings. The lowest BCUT2D eigenvalue weighted by molar-refractivity contribution is -0.385. The number of benzene rings is 1. The van der Waals surface area contributed by atoms with Crippen LogP contribution in [0.15, 0.2) is 40.1 Å². The predicted molar refractivity (Wildman–Crippen MR) is 75.4 cm³/mol. The summed E-state index contributed by atoms with van der Waals surface area (Å²) in [7, 11) is 0. The predicted octanol–water partition coefficient (Wildman–Crippen LogP) is 2.03. The van der Waals surface area contributed by atoms with E-state index in [4.69, 9.17) is 15.7 Å². The molecule has 21 heavy (non-hydrogen) atoms. The third kappa shape index (κ3) is 3.05. The van der Waals surface area contributed by atoms with Crippen molar-refractivity contribution in [1.82, 2.24) is 10.2 Å². The fraction of sp³-hybridized carbons (Fsp3) is 0. The number of hydrogen-bond donors (Lipinski definition) is 2. The van der Waals surface area contributed by atoms with Crippen molar-refractivity contribution in [1.29, 1.82) is 0 Å². The molecule has 0 atom stereocenters. The van der Waals surface area contributed by atoms with Gasteiger partial charge in [0.25, 0.3) is 5.69 Å². The molecule has 0 bridgehead atoms.